The maximum absolute atomic E-state index is 5.54. The van der Waals surface area contributed by atoms with Crippen LogP contribution in [-0.4, -0.2) is 0 Å². The average Bonchev–Trinajstić information content (AvgIpc) is 4.40. The number of hydrogen-bond donors (Lipinski definition) is 0. The summed E-state index contributed by atoms with van der Waals surface area (Å²) < 4.78 is 22.2. The summed E-state index contributed by atoms with van der Waals surface area (Å²) in [5.74, 6) is 3.67. The number of rotatable bonds is 8. The molecule has 0 spiro atoms. The van der Waals surface area contributed by atoms with Gasteiger partial charge in [-0.25, -0.2) is 0 Å². The summed E-state index contributed by atoms with van der Waals surface area (Å²) in [6.45, 7) is 0. The van der Waals surface area contributed by atoms with Gasteiger partial charge in [0.15, 0.2) is 0 Å². The van der Waals surface area contributed by atoms with Crippen LogP contribution in [0.4, 0.5) is 0 Å². The standard InChI is InChI=1S/4C19H13O.2ClH.2Zr/c4*1-2-6-14(7-3-1)16-12-15-8-4-9-17(18(15)13-16)19-10-5-11-20-19;;;;/h4*1-13H;2*1H;;/q4*-1;;;2*+2/p-2. The van der Waals surface area contributed by atoms with Gasteiger partial charge in [0.2, 0.25) is 0 Å². The van der Waals surface area contributed by atoms with Gasteiger partial charge in [-0.2, -0.15) is 0 Å². The Kier molecular flexibility index (Phi) is 20.3. The summed E-state index contributed by atoms with van der Waals surface area (Å²) in [7, 11) is 0. The second-order valence-corrected chi connectivity index (χ2v) is 19.6. The molecule has 4 nitrogen and oxygen atoms in total. The van der Waals surface area contributed by atoms with Crippen molar-refractivity contribution in [3.63, 3.8) is 0 Å². The van der Waals surface area contributed by atoms with Gasteiger partial charge in [0.1, 0.15) is 23.0 Å². The summed E-state index contributed by atoms with van der Waals surface area (Å²) in [5, 5.41) is 9.94. The molecule has 0 saturated heterocycles. The third-order valence-corrected chi connectivity index (χ3v) is 14.6. The Labute approximate surface area is 539 Å². The molecule has 0 atom stereocenters. The number of fused-ring (bicyclic) bond motifs is 4. The van der Waals surface area contributed by atoms with Gasteiger partial charge in [0, 0.05) is 0 Å². The van der Waals surface area contributed by atoms with Crippen LogP contribution in [-0.2, 0) is 52.4 Å². The first-order chi connectivity index (χ1) is 39.7. The fourth-order valence-electron chi connectivity index (χ4n) is 10.7. The van der Waals surface area contributed by atoms with E-state index in [4.69, 9.17) is 17.7 Å². The van der Waals surface area contributed by atoms with Crippen molar-refractivity contribution >= 4 is 43.1 Å². The molecule has 84 heavy (non-hydrogen) atoms. The molecule has 404 valence electrons. The first kappa shape index (κ1) is 60.3. The predicted molar refractivity (Wildman–Crippen MR) is 331 cm³/mol. The Morgan fingerprint density at radius 3 is 0.619 bits per heavy atom. The maximum atomic E-state index is 5.54. The molecular formula is C76H52Cl2O4Zr2-2. The van der Waals surface area contributed by atoms with Gasteiger partial charge >= 0.3 is 52.4 Å². The molecular weight excluding hydrogens is 1230 g/mol. The van der Waals surface area contributed by atoms with Crippen LogP contribution in [0.3, 0.4) is 0 Å². The molecule has 4 aromatic heterocycles. The molecule has 0 bridgehead atoms. The molecule has 0 amide bonds. The first-order valence-corrected chi connectivity index (χ1v) is 26.8. The molecule has 0 aliphatic rings. The molecule has 8 heteroatoms. The van der Waals surface area contributed by atoms with Gasteiger partial charge in [-0.15, -0.1) is 138 Å². The Hall–Kier alpha value is -8.33. The van der Waals surface area contributed by atoms with Crippen LogP contribution in [0, 0.1) is 0 Å². The van der Waals surface area contributed by atoms with Gasteiger partial charge in [0.25, 0.3) is 0 Å². The molecule has 16 aromatic rings. The van der Waals surface area contributed by atoms with E-state index in [1.165, 1.54) is 87.6 Å². The van der Waals surface area contributed by atoms with Crippen LogP contribution in [0.1, 0.15) is 0 Å². The van der Waals surface area contributed by atoms with Crippen LogP contribution in [0.25, 0.3) is 133 Å². The topological polar surface area (TPSA) is 52.6 Å². The quantitative estimate of drug-likeness (QED) is 0.142. The van der Waals surface area contributed by atoms with Crippen LogP contribution < -0.4 is 24.8 Å². The predicted octanol–water partition coefficient (Wildman–Crippen LogP) is 15.9. The van der Waals surface area contributed by atoms with E-state index < -0.39 is 0 Å². The van der Waals surface area contributed by atoms with Gasteiger partial charge in [-0.3, -0.25) is 0 Å². The van der Waals surface area contributed by atoms with E-state index in [0.717, 1.165) is 45.3 Å². The molecule has 0 N–H and O–H groups in total. The second kappa shape index (κ2) is 28.3. The van der Waals surface area contributed by atoms with Crippen molar-refractivity contribution in [1.29, 1.82) is 0 Å². The van der Waals surface area contributed by atoms with E-state index in [9.17, 15) is 0 Å². The van der Waals surface area contributed by atoms with Gasteiger partial charge in [-0.05, 0) is 70.8 Å². The van der Waals surface area contributed by atoms with E-state index in [1.54, 1.807) is 25.1 Å². The van der Waals surface area contributed by atoms with E-state index in [2.05, 4.69) is 218 Å². The molecule has 0 aliphatic heterocycles. The smallest absolute Gasteiger partial charge is 1.00 e. The Bertz CT molecular complexity index is 3960. The van der Waals surface area contributed by atoms with E-state index in [0.29, 0.717) is 0 Å². The van der Waals surface area contributed by atoms with E-state index >= 15 is 0 Å². The summed E-state index contributed by atoms with van der Waals surface area (Å²) in [6.07, 6.45) is 6.87. The minimum absolute atomic E-state index is 0. The Morgan fingerprint density at radius 1 is 0.214 bits per heavy atom. The molecule has 0 saturated carbocycles. The molecule has 16 rings (SSSR count). The normalized spacial score (nSPS) is 10.5. The third kappa shape index (κ3) is 13.2. The van der Waals surface area contributed by atoms with Gasteiger partial charge in [-0.1, -0.05) is 192 Å². The molecule has 0 aliphatic carbocycles. The third-order valence-electron chi connectivity index (χ3n) is 14.6. The van der Waals surface area contributed by atoms with E-state index in [-0.39, 0.29) is 77.2 Å². The summed E-state index contributed by atoms with van der Waals surface area (Å²) >= 11 is 0. The minimum atomic E-state index is 0. The number of benzene rings is 8. The van der Waals surface area contributed by atoms with Crippen molar-refractivity contribution < 1.29 is 94.9 Å². The van der Waals surface area contributed by atoms with Gasteiger partial charge in [0.05, 0.1) is 25.1 Å². The molecule has 0 fully saturated rings. The number of hydrogen-bond acceptors (Lipinski definition) is 4. The molecule has 0 unspecified atom stereocenters. The zero-order chi connectivity index (χ0) is 53.5. The largest absolute Gasteiger partial charge is 2.00 e. The van der Waals surface area contributed by atoms with Crippen LogP contribution in [0.15, 0.2) is 334 Å². The van der Waals surface area contributed by atoms with E-state index in [1.807, 2.05) is 72.8 Å². The van der Waals surface area contributed by atoms with Crippen LogP contribution >= 0.6 is 0 Å². The molecule has 0 radical (unpaired) electrons. The van der Waals surface area contributed by atoms with Crippen molar-refractivity contribution in [1.82, 2.24) is 0 Å². The van der Waals surface area contributed by atoms with Crippen molar-refractivity contribution in [2.24, 2.45) is 0 Å². The summed E-state index contributed by atoms with van der Waals surface area (Å²) in [5.41, 5.74) is 14.6. The zero-order valence-electron chi connectivity index (χ0n) is 45.4. The molecule has 12 aromatic carbocycles. The van der Waals surface area contributed by atoms with Gasteiger partial charge < -0.3 is 42.5 Å². The average molecular weight is 1280 g/mol. The van der Waals surface area contributed by atoms with Crippen molar-refractivity contribution in [2.45, 2.75) is 0 Å². The minimum Gasteiger partial charge on any atom is -1.00 e. The zero-order valence-corrected chi connectivity index (χ0v) is 51.8. The van der Waals surface area contributed by atoms with Crippen LogP contribution in [0.2, 0.25) is 0 Å². The number of furan rings is 4. The second-order valence-electron chi connectivity index (χ2n) is 19.6. The SMILES string of the molecule is [Cl-].[Cl-].[Zr+2].[Zr+2].c1ccc(-c2cc3c(-c4ccco4)cccc3[cH-]2)cc1.c1ccc(-c2cc3c(-c4ccco4)cccc3[cH-]2)cc1.c1ccc(-c2cc3c(-c4ccco4)cccc3[cH-]2)cc1.c1ccc(-c2cc3c(-c4ccco4)cccc3[cH-]2)cc1. The monoisotopic (exact) mass is 1280 g/mol. The number of halogens is 2. The van der Waals surface area contributed by atoms with Crippen molar-refractivity contribution in [2.75, 3.05) is 0 Å². The fourth-order valence-corrected chi connectivity index (χ4v) is 10.7. The summed E-state index contributed by atoms with van der Waals surface area (Å²) in [4.78, 5) is 0. The van der Waals surface area contributed by atoms with Crippen molar-refractivity contribution in [3.05, 3.63) is 316 Å². The first-order valence-electron chi connectivity index (χ1n) is 26.8. The molecule has 4 heterocycles. The van der Waals surface area contributed by atoms with Crippen LogP contribution in [0.5, 0.6) is 0 Å². The summed E-state index contributed by atoms with van der Waals surface area (Å²) in [6, 6.07) is 101. The maximum Gasteiger partial charge on any atom is 2.00 e. The van der Waals surface area contributed by atoms with Crippen molar-refractivity contribution in [3.8, 4) is 89.8 Å². The Morgan fingerprint density at radius 2 is 0.429 bits per heavy atom. The fraction of sp³-hybridized carbons (Fsp3) is 0. The Balaban J connectivity index is 0.000000132.